The van der Waals surface area contributed by atoms with E-state index in [1.165, 1.54) is 21.3 Å². The number of esters is 2. The van der Waals surface area contributed by atoms with Crippen LogP contribution in [0.4, 0.5) is 0 Å². The second-order valence-electron chi connectivity index (χ2n) is 6.23. The van der Waals surface area contributed by atoms with Crippen molar-refractivity contribution < 1.29 is 28.5 Å². The Morgan fingerprint density at radius 2 is 1.48 bits per heavy atom. The third kappa shape index (κ3) is 4.07. The minimum atomic E-state index is -0.694. The number of carbonyl (C=O) groups is 2. The molecule has 0 fully saturated rings. The van der Waals surface area contributed by atoms with Gasteiger partial charge in [-0.15, -0.1) is 0 Å². The highest BCUT2D eigenvalue weighted by atomic mass is 16.5. The van der Waals surface area contributed by atoms with Crippen LogP contribution in [0.3, 0.4) is 0 Å². The molecule has 27 heavy (non-hydrogen) atoms. The summed E-state index contributed by atoms with van der Waals surface area (Å²) in [5, 5.41) is 0. The zero-order valence-corrected chi connectivity index (χ0v) is 16.4. The van der Waals surface area contributed by atoms with Crippen LogP contribution in [0, 0.1) is 0 Å². The number of rotatable bonds is 6. The summed E-state index contributed by atoms with van der Waals surface area (Å²) in [7, 11) is 5.68. The summed E-state index contributed by atoms with van der Waals surface area (Å²) in [5.74, 6) is -0.666. The number of carbonyl (C=O) groups excluding carboxylic acids is 2. The van der Waals surface area contributed by atoms with Gasteiger partial charge < -0.3 is 23.8 Å². The highest BCUT2D eigenvalue weighted by Gasteiger charge is 2.37. The molecule has 0 radical (unpaired) electrons. The van der Waals surface area contributed by atoms with Crippen LogP contribution in [-0.4, -0.2) is 51.3 Å². The topological polar surface area (TPSA) is 74.3 Å². The van der Waals surface area contributed by atoms with Crippen LogP contribution in [0.1, 0.15) is 25.3 Å². The van der Waals surface area contributed by atoms with E-state index in [0.29, 0.717) is 28.2 Å². The molecule has 0 bridgehead atoms. The molecule has 1 aliphatic rings. The van der Waals surface area contributed by atoms with Crippen LogP contribution >= 0.6 is 0 Å². The zero-order chi connectivity index (χ0) is 20.1. The molecule has 2 rings (SSSR count). The molecule has 1 heterocycles. The highest BCUT2D eigenvalue weighted by Crippen LogP contribution is 2.42. The fourth-order valence-electron chi connectivity index (χ4n) is 2.94. The summed E-state index contributed by atoms with van der Waals surface area (Å²) >= 11 is 0. The van der Waals surface area contributed by atoms with Crippen molar-refractivity contribution >= 4 is 11.9 Å². The lowest BCUT2D eigenvalue weighted by Crippen LogP contribution is -2.31. The maximum absolute atomic E-state index is 12.5. The molecule has 0 aliphatic carbocycles. The SMILES string of the molecule is COC(=O)C1=CN(C(C)C)C=C(C(=O)OC)C1c1ccc(OC)cc1OC. The lowest BCUT2D eigenvalue weighted by Gasteiger charge is -2.32. The third-order valence-electron chi connectivity index (χ3n) is 4.39. The summed E-state index contributed by atoms with van der Waals surface area (Å²) in [6.07, 6.45) is 3.38. The van der Waals surface area contributed by atoms with Crippen LogP contribution < -0.4 is 9.47 Å². The number of methoxy groups -OCH3 is 4. The van der Waals surface area contributed by atoms with Crippen LogP contribution in [0.5, 0.6) is 11.5 Å². The molecule has 0 aromatic heterocycles. The lowest BCUT2D eigenvalue weighted by molar-refractivity contribution is -0.137. The molecule has 0 saturated carbocycles. The molecule has 7 nitrogen and oxygen atoms in total. The predicted molar refractivity (Wildman–Crippen MR) is 99.5 cm³/mol. The standard InChI is InChI=1S/C20H25NO6/c1-12(2)21-10-15(19(22)26-5)18(16(11-21)20(23)27-6)14-8-7-13(24-3)9-17(14)25-4/h7-12,18H,1-6H3. The molecule has 7 heteroatoms. The molecule has 0 N–H and O–H groups in total. The highest BCUT2D eigenvalue weighted by molar-refractivity contribution is 5.98. The molecule has 0 unspecified atom stereocenters. The molecule has 0 amide bonds. The maximum Gasteiger partial charge on any atom is 0.336 e. The van der Waals surface area contributed by atoms with Gasteiger partial charge in [-0.3, -0.25) is 0 Å². The van der Waals surface area contributed by atoms with E-state index in [1.54, 1.807) is 42.6 Å². The molecule has 1 aromatic carbocycles. The fraction of sp³-hybridized carbons (Fsp3) is 0.400. The molecule has 0 spiro atoms. The average Bonchev–Trinajstić information content (AvgIpc) is 2.70. The van der Waals surface area contributed by atoms with Gasteiger partial charge >= 0.3 is 11.9 Å². The summed E-state index contributed by atoms with van der Waals surface area (Å²) in [5.41, 5.74) is 1.27. The molecular weight excluding hydrogens is 350 g/mol. The van der Waals surface area contributed by atoms with Gasteiger partial charge in [0.1, 0.15) is 11.5 Å². The Morgan fingerprint density at radius 3 is 1.89 bits per heavy atom. The first kappa shape index (κ1) is 20.4. The quantitative estimate of drug-likeness (QED) is 0.708. The fourth-order valence-corrected chi connectivity index (χ4v) is 2.94. The molecule has 0 saturated heterocycles. The number of nitrogens with zero attached hydrogens (tertiary/aromatic N) is 1. The van der Waals surface area contributed by atoms with Gasteiger partial charge in [-0.25, -0.2) is 9.59 Å². The van der Waals surface area contributed by atoms with Gasteiger partial charge in [0.15, 0.2) is 0 Å². The number of ether oxygens (including phenoxy) is 4. The van der Waals surface area contributed by atoms with Crippen molar-refractivity contribution in [3.63, 3.8) is 0 Å². The number of benzene rings is 1. The minimum Gasteiger partial charge on any atom is -0.497 e. The van der Waals surface area contributed by atoms with E-state index < -0.39 is 17.9 Å². The van der Waals surface area contributed by atoms with E-state index in [2.05, 4.69) is 0 Å². The van der Waals surface area contributed by atoms with Crippen molar-refractivity contribution in [2.45, 2.75) is 25.8 Å². The van der Waals surface area contributed by atoms with Crippen LogP contribution in [0.25, 0.3) is 0 Å². The number of hydrogen-bond acceptors (Lipinski definition) is 7. The third-order valence-corrected chi connectivity index (χ3v) is 4.39. The first-order chi connectivity index (χ1) is 12.9. The van der Waals surface area contributed by atoms with E-state index in [9.17, 15) is 9.59 Å². The molecule has 1 aliphatic heterocycles. The molecule has 146 valence electrons. The number of hydrogen-bond donors (Lipinski definition) is 0. The van der Waals surface area contributed by atoms with Crippen LogP contribution in [0.15, 0.2) is 41.7 Å². The van der Waals surface area contributed by atoms with Gasteiger partial charge in [-0.05, 0) is 19.9 Å². The van der Waals surface area contributed by atoms with Gasteiger partial charge in [0.25, 0.3) is 0 Å². The van der Waals surface area contributed by atoms with E-state index >= 15 is 0 Å². The Bertz CT molecular complexity index is 747. The van der Waals surface area contributed by atoms with Crippen LogP contribution in [0.2, 0.25) is 0 Å². The normalized spacial score (nSPS) is 14.4. The average molecular weight is 375 g/mol. The smallest absolute Gasteiger partial charge is 0.336 e. The van der Waals surface area contributed by atoms with Gasteiger partial charge in [0.05, 0.1) is 45.5 Å². The Hall–Kier alpha value is -2.96. The Morgan fingerprint density at radius 1 is 0.926 bits per heavy atom. The van der Waals surface area contributed by atoms with Crippen LogP contribution in [-0.2, 0) is 19.1 Å². The monoisotopic (exact) mass is 375 g/mol. The van der Waals surface area contributed by atoms with Gasteiger partial charge in [0, 0.05) is 30.1 Å². The Labute approximate surface area is 159 Å². The van der Waals surface area contributed by atoms with E-state index in [4.69, 9.17) is 18.9 Å². The predicted octanol–water partition coefficient (Wildman–Crippen LogP) is 2.63. The first-order valence-electron chi connectivity index (χ1n) is 8.47. The van der Waals surface area contributed by atoms with Gasteiger partial charge in [-0.2, -0.15) is 0 Å². The molecule has 0 atom stereocenters. The van der Waals surface area contributed by atoms with E-state index in [1.807, 2.05) is 13.8 Å². The summed E-state index contributed by atoms with van der Waals surface area (Å²) in [6, 6.07) is 5.24. The lowest BCUT2D eigenvalue weighted by atomic mass is 9.82. The van der Waals surface area contributed by atoms with E-state index in [-0.39, 0.29) is 6.04 Å². The van der Waals surface area contributed by atoms with Crippen molar-refractivity contribution in [3.8, 4) is 11.5 Å². The van der Waals surface area contributed by atoms with Crippen molar-refractivity contribution in [2.75, 3.05) is 28.4 Å². The molecule has 1 aromatic rings. The van der Waals surface area contributed by atoms with Crippen molar-refractivity contribution in [2.24, 2.45) is 0 Å². The second-order valence-corrected chi connectivity index (χ2v) is 6.23. The Kier molecular flexibility index (Phi) is 6.50. The summed E-state index contributed by atoms with van der Waals surface area (Å²) in [4.78, 5) is 26.9. The first-order valence-corrected chi connectivity index (χ1v) is 8.47. The zero-order valence-electron chi connectivity index (χ0n) is 16.4. The largest absolute Gasteiger partial charge is 0.497 e. The van der Waals surface area contributed by atoms with Crippen molar-refractivity contribution in [3.05, 3.63) is 47.3 Å². The van der Waals surface area contributed by atoms with Crippen molar-refractivity contribution in [1.82, 2.24) is 4.90 Å². The Balaban J connectivity index is 2.70. The summed E-state index contributed by atoms with van der Waals surface area (Å²) < 4.78 is 20.7. The maximum atomic E-state index is 12.5. The summed E-state index contributed by atoms with van der Waals surface area (Å²) in [6.45, 7) is 3.90. The van der Waals surface area contributed by atoms with Gasteiger partial charge in [0.2, 0.25) is 0 Å². The van der Waals surface area contributed by atoms with Gasteiger partial charge in [-0.1, -0.05) is 6.07 Å². The second kappa shape index (κ2) is 8.62. The van der Waals surface area contributed by atoms with E-state index in [0.717, 1.165) is 0 Å². The molecular formula is C20H25NO6. The minimum absolute atomic E-state index is 0.0306. The van der Waals surface area contributed by atoms with Crippen molar-refractivity contribution in [1.29, 1.82) is 0 Å².